The van der Waals surface area contributed by atoms with E-state index in [0.717, 1.165) is 18.8 Å². The number of hydrogen-bond acceptors (Lipinski definition) is 6. The molecule has 6 heteroatoms. The second-order valence-electron chi connectivity index (χ2n) is 4.93. The lowest BCUT2D eigenvalue weighted by Crippen LogP contribution is -2.53. The van der Waals surface area contributed by atoms with Gasteiger partial charge in [-0.25, -0.2) is 8.61 Å². The van der Waals surface area contributed by atoms with Crippen molar-refractivity contribution in [2.24, 2.45) is 4.99 Å². The molecule has 2 unspecified atom stereocenters. The summed E-state index contributed by atoms with van der Waals surface area (Å²) in [6.07, 6.45) is -0.276. The van der Waals surface area contributed by atoms with E-state index in [1.54, 1.807) is 12.1 Å². The van der Waals surface area contributed by atoms with Crippen LogP contribution in [-0.2, 0) is 6.54 Å². The Morgan fingerprint density at radius 1 is 1.37 bits per heavy atom. The molecule has 0 saturated carbocycles. The largest absolute Gasteiger partial charge is 0.310 e. The van der Waals surface area contributed by atoms with Gasteiger partial charge < -0.3 is 5.21 Å². The van der Waals surface area contributed by atoms with Crippen LogP contribution in [0.4, 0.5) is 0 Å². The summed E-state index contributed by atoms with van der Waals surface area (Å²) in [6, 6.07) is 10.3. The highest BCUT2D eigenvalue weighted by Gasteiger charge is 2.42. The second kappa shape index (κ2) is 5.22. The van der Waals surface area contributed by atoms with Gasteiger partial charge in [-0.05, 0) is 19.5 Å². The maximum Gasteiger partial charge on any atom is 0.139 e. The Hall–Kier alpha value is -0.920. The summed E-state index contributed by atoms with van der Waals surface area (Å²) in [5, 5.41) is 11.5. The van der Waals surface area contributed by atoms with E-state index in [0.29, 0.717) is 0 Å². The average molecular weight is 278 g/mol. The van der Waals surface area contributed by atoms with Crippen molar-refractivity contribution in [3.05, 3.63) is 35.9 Å². The first-order valence-corrected chi connectivity index (χ1v) is 7.12. The number of hydrogen-bond donors (Lipinski definition) is 1. The van der Waals surface area contributed by atoms with E-state index in [1.807, 2.05) is 32.2 Å². The topological polar surface area (TPSA) is 42.3 Å². The minimum Gasteiger partial charge on any atom is -0.310 e. The lowest BCUT2D eigenvalue weighted by Gasteiger charge is -2.39. The molecule has 0 bridgehead atoms. The van der Waals surface area contributed by atoms with Crippen molar-refractivity contribution >= 4 is 17.8 Å². The Bertz CT molecular complexity index is 481. The number of aliphatic imine (C=N–C) groups is 1. The third-order valence-electron chi connectivity index (χ3n) is 3.37. The normalized spacial score (nSPS) is 29.3. The molecule has 2 atom stereocenters. The molecule has 5 nitrogen and oxygen atoms in total. The molecular weight excluding hydrogens is 260 g/mol. The van der Waals surface area contributed by atoms with Crippen LogP contribution in [0.15, 0.2) is 35.3 Å². The van der Waals surface area contributed by atoms with Gasteiger partial charge in [0.15, 0.2) is 0 Å². The predicted molar refractivity (Wildman–Crippen MR) is 76.5 cm³/mol. The molecule has 19 heavy (non-hydrogen) atoms. The van der Waals surface area contributed by atoms with Crippen LogP contribution in [0.2, 0.25) is 0 Å². The van der Waals surface area contributed by atoms with Crippen molar-refractivity contribution in [2.75, 3.05) is 13.6 Å². The zero-order valence-electron chi connectivity index (χ0n) is 11.1. The molecule has 0 aliphatic carbocycles. The van der Waals surface area contributed by atoms with Crippen molar-refractivity contribution < 1.29 is 5.21 Å². The van der Waals surface area contributed by atoms with Crippen LogP contribution in [0.5, 0.6) is 0 Å². The van der Waals surface area contributed by atoms with Crippen LogP contribution in [0.1, 0.15) is 12.5 Å². The molecule has 0 spiro atoms. The second-order valence-corrected chi connectivity index (χ2v) is 6.19. The summed E-state index contributed by atoms with van der Waals surface area (Å²) >= 11 is 1.65. The molecule has 0 amide bonds. The highest BCUT2D eigenvalue weighted by Crippen LogP contribution is 2.32. The van der Waals surface area contributed by atoms with Crippen molar-refractivity contribution in [1.29, 1.82) is 0 Å². The molecule has 2 aliphatic heterocycles. The predicted octanol–water partition coefficient (Wildman–Crippen LogP) is 1.82. The molecule has 1 aromatic carbocycles. The quantitative estimate of drug-likeness (QED) is 0.836. The summed E-state index contributed by atoms with van der Waals surface area (Å²) in [5.41, 5.74) is 2.27. The van der Waals surface area contributed by atoms with E-state index in [2.05, 4.69) is 25.7 Å². The summed E-state index contributed by atoms with van der Waals surface area (Å²) in [4.78, 5) is 4.53. The van der Waals surface area contributed by atoms with Crippen LogP contribution in [0.25, 0.3) is 0 Å². The maximum absolute atomic E-state index is 10.2. The van der Waals surface area contributed by atoms with Crippen LogP contribution in [0.3, 0.4) is 0 Å². The third-order valence-corrected chi connectivity index (χ3v) is 4.31. The van der Waals surface area contributed by atoms with Gasteiger partial charge in [0.2, 0.25) is 0 Å². The Kier molecular flexibility index (Phi) is 3.60. The Labute approximate surface area is 117 Å². The number of fused-ring (bicyclic) bond motifs is 1. The molecule has 1 N–H and O–H groups in total. The van der Waals surface area contributed by atoms with Gasteiger partial charge in [-0.3, -0.25) is 4.99 Å². The minimum absolute atomic E-state index is 0.114. The highest BCUT2D eigenvalue weighted by molar-refractivity contribution is 7.94. The first kappa shape index (κ1) is 13.1. The molecule has 0 radical (unpaired) electrons. The molecule has 1 aromatic rings. The lowest BCUT2D eigenvalue weighted by molar-refractivity contribution is -0.149. The van der Waals surface area contributed by atoms with E-state index < -0.39 is 0 Å². The maximum atomic E-state index is 10.2. The first-order valence-electron chi connectivity index (χ1n) is 6.39. The van der Waals surface area contributed by atoms with Gasteiger partial charge in [0, 0.05) is 18.7 Å². The fraction of sp³-hybridized carbons (Fsp3) is 0.462. The Morgan fingerprint density at radius 3 is 2.84 bits per heavy atom. The lowest BCUT2D eigenvalue weighted by atomic mass is 10.2. The van der Waals surface area contributed by atoms with Crippen LogP contribution in [0, 0.1) is 0 Å². The number of hydroxylamine groups is 2. The summed E-state index contributed by atoms with van der Waals surface area (Å²) in [6.45, 7) is 3.49. The fourth-order valence-corrected chi connectivity index (χ4v) is 3.57. The molecule has 1 saturated heterocycles. The van der Waals surface area contributed by atoms with E-state index >= 15 is 0 Å². The minimum atomic E-state index is -0.162. The number of nitrogens with zero attached hydrogens (tertiary/aromatic N) is 4. The van der Waals surface area contributed by atoms with Crippen LogP contribution < -0.4 is 0 Å². The molecule has 2 aliphatic rings. The van der Waals surface area contributed by atoms with E-state index in [-0.39, 0.29) is 12.3 Å². The van der Waals surface area contributed by atoms with E-state index in [1.165, 1.54) is 10.6 Å². The van der Waals surface area contributed by atoms with Gasteiger partial charge in [0.05, 0.1) is 12.3 Å². The molecule has 3 rings (SSSR count). The molecule has 0 aromatic heterocycles. The summed E-state index contributed by atoms with van der Waals surface area (Å²) in [7, 11) is 2.05. The van der Waals surface area contributed by atoms with Gasteiger partial charge in [-0.2, -0.15) is 0 Å². The van der Waals surface area contributed by atoms with Gasteiger partial charge in [0.25, 0.3) is 0 Å². The van der Waals surface area contributed by atoms with Gasteiger partial charge in [-0.1, -0.05) is 30.3 Å². The zero-order chi connectivity index (χ0) is 13.4. The van der Waals surface area contributed by atoms with Crippen molar-refractivity contribution in [3.63, 3.8) is 0 Å². The van der Waals surface area contributed by atoms with Crippen LogP contribution in [-0.4, -0.2) is 50.5 Å². The summed E-state index contributed by atoms with van der Waals surface area (Å²) in [5.74, 6) is 0. The SMILES string of the molecule is CC1N=C2CN(C)SN(Cc3ccccc3)C2N1O. The van der Waals surface area contributed by atoms with Crippen molar-refractivity contribution in [2.45, 2.75) is 25.8 Å². The zero-order valence-corrected chi connectivity index (χ0v) is 11.9. The Balaban J connectivity index is 1.82. The third kappa shape index (κ3) is 2.54. The van der Waals surface area contributed by atoms with Crippen molar-refractivity contribution in [3.8, 4) is 0 Å². The Morgan fingerprint density at radius 2 is 2.11 bits per heavy atom. The smallest absolute Gasteiger partial charge is 0.139 e. The molecule has 2 heterocycles. The monoisotopic (exact) mass is 278 g/mol. The fourth-order valence-electron chi connectivity index (χ4n) is 2.50. The number of benzene rings is 1. The molecule has 102 valence electrons. The highest BCUT2D eigenvalue weighted by atomic mass is 32.2. The van der Waals surface area contributed by atoms with Crippen molar-refractivity contribution in [1.82, 2.24) is 13.7 Å². The van der Waals surface area contributed by atoms with E-state index in [9.17, 15) is 5.21 Å². The van der Waals surface area contributed by atoms with Gasteiger partial charge in [-0.15, -0.1) is 5.06 Å². The van der Waals surface area contributed by atoms with Gasteiger partial charge in [0.1, 0.15) is 12.3 Å². The molecular formula is C13H18N4OS. The summed E-state index contributed by atoms with van der Waals surface area (Å²) < 4.78 is 4.31. The average Bonchev–Trinajstić information content (AvgIpc) is 2.66. The molecule has 1 fully saturated rings. The first-order chi connectivity index (χ1) is 9.15. The van der Waals surface area contributed by atoms with Crippen LogP contribution >= 0.6 is 12.1 Å². The van der Waals surface area contributed by atoms with E-state index in [4.69, 9.17) is 0 Å². The number of rotatable bonds is 2. The van der Waals surface area contributed by atoms with Gasteiger partial charge >= 0.3 is 0 Å². The standard InChI is InChI=1S/C13H18N4OS/c1-10-14-12-9-15(2)19-16(13(12)17(10)18)8-11-6-4-3-5-7-11/h3-7,10,13,18H,8-9H2,1-2H3.